The van der Waals surface area contributed by atoms with Gasteiger partial charge in [0.15, 0.2) is 0 Å². The van der Waals surface area contributed by atoms with Crippen LogP contribution in [0.25, 0.3) is 0 Å². The van der Waals surface area contributed by atoms with E-state index in [1.165, 1.54) is 18.7 Å². The fraction of sp³-hybridized carbons (Fsp3) is 0.130. The molecular formula is C23H19BrO5. The Kier molecular flexibility index (Phi) is 7.03. The summed E-state index contributed by atoms with van der Waals surface area (Å²) in [7, 11) is 1.27. The number of carbonyl (C=O) groups is 2. The molecule has 0 amide bonds. The van der Waals surface area contributed by atoms with Crippen LogP contribution in [0.2, 0.25) is 0 Å². The lowest BCUT2D eigenvalue weighted by atomic mass is 10.2. The second-order valence-corrected chi connectivity index (χ2v) is 6.96. The van der Waals surface area contributed by atoms with Crippen molar-refractivity contribution in [2.24, 2.45) is 0 Å². The number of ether oxygens (including phenoxy) is 3. The fourth-order valence-corrected chi connectivity index (χ4v) is 3.15. The number of rotatable bonds is 7. The first kappa shape index (κ1) is 20.6. The van der Waals surface area contributed by atoms with Gasteiger partial charge in [0, 0.05) is 6.42 Å². The predicted molar refractivity (Wildman–Crippen MR) is 113 cm³/mol. The summed E-state index contributed by atoms with van der Waals surface area (Å²) in [6.45, 7) is 0.513. The van der Waals surface area contributed by atoms with E-state index in [2.05, 4.69) is 15.9 Å². The van der Waals surface area contributed by atoms with Crippen molar-refractivity contribution >= 4 is 27.9 Å². The highest BCUT2D eigenvalue weighted by Crippen LogP contribution is 2.27. The molecule has 0 aliphatic heterocycles. The maximum absolute atomic E-state index is 12.5. The molecule has 0 unspecified atom stereocenters. The third-order valence-electron chi connectivity index (χ3n) is 4.15. The monoisotopic (exact) mass is 454 g/mol. The van der Waals surface area contributed by atoms with Crippen LogP contribution < -0.4 is 9.47 Å². The van der Waals surface area contributed by atoms with Crippen molar-refractivity contribution in [2.45, 2.75) is 6.42 Å². The highest BCUT2D eigenvalue weighted by molar-refractivity contribution is 9.10. The minimum absolute atomic E-state index is 0.142. The van der Waals surface area contributed by atoms with Crippen LogP contribution in [0.15, 0.2) is 77.3 Å². The van der Waals surface area contributed by atoms with E-state index in [0.717, 1.165) is 6.42 Å². The summed E-state index contributed by atoms with van der Waals surface area (Å²) in [6.07, 6.45) is 0.779. The lowest BCUT2D eigenvalue weighted by Crippen LogP contribution is -2.12. The topological polar surface area (TPSA) is 61.8 Å². The van der Waals surface area contributed by atoms with Crippen LogP contribution in [-0.4, -0.2) is 25.7 Å². The van der Waals surface area contributed by atoms with E-state index in [1.54, 1.807) is 36.4 Å². The van der Waals surface area contributed by atoms with E-state index in [9.17, 15) is 9.59 Å². The molecule has 0 radical (unpaired) electrons. The number of esters is 2. The van der Waals surface area contributed by atoms with E-state index in [1.807, 2.05) is 30.3 Å². The molecule has 3 aromatic rings. The third kappa shape index (κ3) is 5.45. The predicted octanol–water partition coefficient (Wildman–Crippen LogP) is 5.08. The van der Waals surface area contributed by atoms with E-state index in [4.69, 9.17) is 14.2 Å². The van der Waals surface area contributed by atoms with Crippen LogP contribution in [-0.2, 0) is 11.2 Å². The van der Waals surface area contributed by atoms with Gasteiger partial charge in [-0.2, -0.15) is 0 Å². The molecule has 0 spiro atoms. The van der Waals surface area contributed by atoms with E-state index < -0.39 is 11.9 Å². The summed E-state index contributed by atoms with van der Waals surface area (Å²) in [5.41, 5.74) is 1.70. The number of hydrogen-bond donors (Lipinski definition) is 0. The molecule has 3 rings (SSSR count). The zero-order valence-electron chi connectivity index (χ0n) is 15.8. The molecular weight excluding hydrogens is 436 g/mol. The molecule has 0 bridgehead atoms. The molecule has 0 saturated carbocycles. The quantitative estimate of drug-likeness (QED) is 0.368. The zero-order chi connectivity index (χ0) is 20.6. The number of para-hydroxylation sites is 1. The largest absolute Gasteiger partial charge is 0.492 e. The number of hydrogen-bond acceptors (Lipinski definition) is 5. The van der Waals surface area contributed by atoms with Gasteiger partial charge in [0.1, 0.15) is 17.1 Å². The summed E-state index contributed by atoms with van der Waals surface area (Å²) < 4.78 is 16.5. The van der Waals surface area contributed by atoms with Gasteiger partial charge in [0.05, 0.1) is 23.8 Å². The van der Waals surface area contributed by atoms with Crippen LogP contribution in [0.4, 0.5) is 0 Å². The second-order valence-electron chi connectivity index (χ2n) is 6.11. The van der Waals surface area contributed by atoms with Gasteiger partial charge < -0.3 is 14.2 Å². The Morgan fingerprint density at radius 1 is 0.862 bits per heavy atom. The van der Waals surface area contributed by atoms with Crippen molar-refractivity contribution in [1.29, 1.82) is 0 Å². The van der Waals surface area contributed by atoms with Gasteiger partial charge in [0.25, 0.3) is 0 Å². The number of halogens is 1. The van der Waals surface area contributed by atoms with Gasteiger partial charge in [-0.3, -0.25) is 0 Å². The van der Waals surface area contributed by atoms with Gasteiger partial charge in [-0.1, -0.05) is 42.5 Å². The lowest BCUT2D eigenvalue weighted by Gasteiger charge is -2.11. The van der Waals surface area contributed by atoms with Crippen molar-refractivity contribution in [3.63, 3.8) is 0 Å². The van der Waals surface area contributed by atoms with Crippen molar-refractivity contribution in [2.75, 3.05) is 13.7 Å². The van der Waals surface area contributed by atoms with Crippen molar-refractivity contribution in [3.05, 3.63) is 94.0 Å². The second kappa shape index (κ2) is 9.89. The summed E-state index contributed by atoms with van der Waals surface area (Å²) in [4.78, 5) is 24.3. The smallest absolute Gasteiger partial charge is 0.343 e. The molecule has 0 aromatic heterocycles. The molecule has 0 aliphatic carbocycles. The van der Waals surface area contributed by atoms with Crippen LogP contribution in [0.1, 0.15) is 26.3 Å². The summed E-state index contributed by atoms with van der Waals surface area (Å²) in [6, 6.07) is 21.4. The standard InChI is InChI=1S/C23H19BrO5/c1-27-23(26)18-9-5-6-10-20(18)29-22(25)17-11-12-21(19(24)15-17)28-14-13-16-7-3-2-4-8-16/h2-12,15H,13-14H2,1H3. The number of carbonyl (C=O) groups excluding carboxylic acids is 2. The third-order valence-corrected chi connectivity index (χ3v) is 4.77. The van der Waals surface area contributed by atoms with E-state index in [0.29, 0.717) is 22.4 Å². The molecule has 29 heavy (non-hydrogen) atoms. The molecule has 148 valence electrons. The van der Waals surface area contributed by atoms with Gasteiger partial charge in [-0.15, -0.1) is 0 Å². The van der Waals surface area contributed by atoms with E-state index in [-0.39, 0.29) is 11.3 Å². The van der Waals surface area contributed by atoms with E-state index >= 15 is 0 Å². The molecule has 5 nitrogen and oxygen atoms in total. The summed E-state index contributed by atoms with van der Waals surface area (Å²) in [5, 5.41) is 0. The van der Waals surface area contributed by atoms with Crippen molar-refractivity contribution in [1.82, 2.24) is 0 Å². The van der Waals surface area contributed by atoms with Crippen molar-refractivity contribution in [3.8, 4) is 11.5 Å². The Morgan fingerprint density at radius 3 is 2.31 bits per heavy atom. The lowest BCUT2D eigenvalue weighted by molar-refractivity contribution is 0.0593. The first-order chi connectivity index (χ1) is 14.1. The van der Waals surface area contributed by atoms with Crippen molar-refractivity contribution < 1.29 is 23.8 Å². The Hall–Kier alpha value is -3.12. The summed E-state index contributed by atoms with van der Waals surface area (Å²) >= 11 is 3.43. The maximum Gasteiger partial charge on any atom is 0.343 e. The van der Waals surface area contributed by atoms with Gasteiger partial charge >= 0.3 is 11.9 Å². The van der Waals surface area contributed by atoms with Crippen LogP contribution in [0.3, 0.4) is 0 Å². The minimum atomic E-state index is -0.585. The normalized spacial score (nSPS) is 10.3. The Labute approximate surface area is 177 Å². The Morgan fingerprint density at radius 2 is 1.59 bits per heavy atom. The van der Waals surface area contributed by atoms with Gasteiger partial charge in [-0.05, 0) is 51.8 Å². The van der Waals surface area contributed by atoms with Crippen LogP contribution in [0.5, 0.6) is 11.5 Å². The zero-order valence-corrected chi connectivity index (χ0v) is 17.3. The summed E-state index contributed by atoms with van der Waals surface area (Å²) in [5.74, 6) is -0.384. The molecule has 0 heterocycles. The highest BCUT2D eigenvalue weighted by Gasteiger charge is 2.17. The van der Waals surface area contributed by atoms with Gasteiger partial charge in [0.2, 0.25) is 0 Å². The van der Waals surface area contributed by atoms with Gasteiger partial charge in [-0.25, -0.2) is 9.59 Å². The molecule has 6 heteroatoms. The maximum atomic E-state index is 12.5. The molecule has 0 fully saturated rings. The first-order valence-electron chi connectivity index (χ1n) is 8.94. The van der Waals surface area contributed by atoms with Crippen LogP contribution in [0, 0.1) is 0 Å². The first-order valence-corrected chi connectivity index (χ1v) is 9.73. The number of methoxy groups -OCH3 is 1. The molecule has 3 aromatic carbocycles. The Bertz CT molecular complexity index is 1000. The average Bonchev–Trinajstić information content (AvgIpc) is 2.75. The minimum Gasteiger partial charge on any atom is -0.492 e. The molecule has 0 saturated heterocycles. The average molecular weight is 455 g/mol. The highest BCUT2D eigenvalue weighted by atomic mass is 79.9. The SMILES string of the molecule is COC(=O)c1ccccc1OC(=O)c1ccc(OCCc2ccccc2)c(Br)c1. The Balaban J connectivity index is 1.65. The molecule has 0 N–H and O–H groups in total. The molecule has 0 aliphatic rings. The molecule has 0 atom stereocenters. The number of benzene rings is 3. The van der Waals surface area contributed by atoms with Crippen LogP contribution >= 0.6 is 15.9 Å². The fourth-order valence-electron chi connectivity index (χ4n) is 2.66.